The van der Waals surface area contributed by atoms with Gasteiger partial charge >= 0.3 is 6.18 Å². The minimum Gasteiger partial charge on any atom is -0.350 e. The van der Waals surface area contributed by atoms with Gasteiger partial charge in [0, 0.05) is 25.2 Å². The van der Waals surface area contributed by atoms with Crippen molar-refractivity contribution in [1.82, 2.24) is 10.2 Å². The number of nitrogens with zero attached hydrogens (tertiary/aromatic N) is 1. The van der Waals surface area contributed by atoms with Gasteiger partial charge in [0.05, 0.1) is 6.54 Å². The van der Waals surface area contributed by atoms with Crippen LogP contribution in [0.2, 0.25) is 0 Å². The van der Waals surface area contributed by atoms with Gasteiger partial charge in [-0.15, -0.1) is 0 Å². The maximum absolute atomic E-state index is 12.5. The molecule has 6 heteroatoms. The third-order valence-corrected chi connectivity index (χ3v) is 7.56. The first kappa shape index (κ1) is 19.3. The van der Waals surface area contributed by atoms with Crippen molar-refractivity contribution in [3.63, 3.8) is 0 Å². The Labute approximate surface area is 159 Å². The van der Waals surface area contributed by atoms with Gasteiger partial charge in [-0.3, -0.25) is 9.69 Å². The molecule has 4 aliphatic carbocycles. The van der Waals surface area contributed by atoms with Crippen molar-refractivity contribution < 1.29 is 18.0 Å². The second-order valence-corrected chi connectivity index (χ2v) is 9.70. The van der Waals surface area contributed by atoms with Gasteiger partial charge in [-0.1, -0.05) is 5.57 Å². The van der Waals surface area contributed by atoms with E-state index in [1.165, 1.54) is 49.0 Å². The van der Waals surface area contributed by atoms with Crippen LogP contribution in [-0.2, 0) is 4.79 Å². The third-order valence-electron chi connectivity index (χ3n) is 7.56. The molecule has 1 saturated heterocycles. The van der Waals surface area contributed by atoms with E-state index >= 15 is 0 Å². The number of allylic oxidation sites excluding steroid dienone is 1. The summed E-state index contributed by atoms with van der Waals surface area (Å²) < 4.78 is 37.4. The number of piperidine rings is 1. The SMILES string of the molecule is CC(=CC(=O)NC1CCN(CC(F)(F)F)CC1)C12CC3CC(CC(C3)C1)C2. The Bertz CT molecular complexity index is 570. The number of nitrogens with one attached hydrogen (secondary N) is 1. The first-order valence-electron chi connectivity index (χ1n) is 10.5. The van der Waals surface area contributed by atoms with Crippen LogP contribution in [0.4, 0.5) is 13.2 Å². The lowest BCUT2D eigenvalue weighted by Crippen LogP contribution is -2.48. The Hall–Kier alpha value is -1.04. The number of carbonyl (C=O) groups is 1. The number of hydrogen-bond acceptors (Lipinski definition) is 2. The normalized spacial score (nSPS) is 37.6. The summed E-state index contributed by atoms with van der Waals surface area (Å²) >= 11 is 0. The number of halogens is 3. The summed E-state index contributed by atoms with van der Waals surface area (Å²) in [5.41, 5.74) is 1.47. The lowest BCUT2D eigenvalue weighted by atomic mass is 9.48. The lowest BCUT2D eigenvalue weighted by molar-refractivity contribution is -0.148. The molecular weight excluding hydrogens is 353 g/mol. The van der Waals surface area contributed by atoms with E-state index < -0.39 is 12.7 Å². The highest BCUT2D eigenvalue weighted by atomic mass is 19.4. The van der Waals surface area contributed by atoms with Crippen LogP contribution in [0.5, 0.6) is 0 Å². The van der Waals surface area contributed by atoms with E-state index in [1.54, 1.807) is 6.08 Å². The average Bonchev–Trinajstić information content (AvgIpc) is 2.54. The van der Waals surface area contributed by atoms with Crippen LogP contribution in [0.3, 0.4) is 0 Å². The highest BCUT2D eigenvalue weighted by Crippen LogP contribution is 2.62. The summed E-state index contributed by atoms with van der Waals surface area (Å²) in [7, 11) is 0. The summed E-state index contributed by atoms with van der Waals surface area (Å²) in [5, 5.41) is 3.04. The van der Waals surface area contributed by atoms with E-state index in [4.69, 9.17) is 0 Å². The van der Waals surface area contributed by atoms with Crippen LogP contribution >= 0.6 is 0 Å². The van der Waals surface area contributed by atoms with Crippen LogP contribution in [0.25, 0.3) is 0 Å². The molecule has 0 aromatic heterocycles. The monoisotopic (exact) mass is 384 g/mol. The maximum atomic E-state index is 12.5. The average molecular weight is 384 g/mol. The fourth-order valence-electron chi connectivity index (χ4n) is 6.68. The van der Waals surface area contributed by atoms with Crippen molar-refractivity contribution >= 4 is 5.91 Å². The van der Waals surface area contributed by atoms with Crippen molar-refractivity contribution in [2.45, 2.75) is 70.5 Å². The Kier molecular flexibility index (Phi) is 5.06. The third kappa shape index (κ3) is 4.36. The summed E-state index contributed by atoms with van der Waals surface area (Å²) in [6.07, 6.45) is 6.71. The van der Waals surface area contributed by atoms with Gasteiger partial charge in [-0.2, -0.15) is 13.2 Å². The van der Waals surface area contributed by atoms with Crippen molar-refractivity contribution in [3.05, 3.63) is 11.6 Å². The number of rotatable bonds is 4. The molecule has 0 atom stereocenters. The van der Waals surface area contributed by atoms with E-state index in [2.05, 4.69) is 12.2 Å². The minimum absolute atomic E-state index is 0.0117. The summed E-state index contributed by atoms with van der Waals surface area (Å²) in [4.78, 5) is 14.0. The number of amides is 1. The Morgan fingerprint density at radius 2 is 1.59 bits per heavy atom. The molecular formula is C21H31F3N2O. The zero-order valence-electron chi connectivity index (χ0n) is 16.2. The molecule has 1 heterocycles. The summed E-state index contributed by atoms with van der Waals surface area (Å²) in [6, 6.07) is -0.0117. The topological polar surface area (TPSA) is 32.3 Å². The quantitative estimate of drug-likeness (QED) is 0.734. The molecule has 0 unspecified atom stereocenters. The van der Waals surface area contributed by atoms with Gasteiger partial charge in [-0.25, -0.2) is 0 Å². The van der Waals surface area contributed by atoms with Crippen LogP contribution in [-0.4, -0.2) is 42.7 Å². The van der Waals surface area contributed by atoms with Crippen molar-refractivity contribution in [3.8, 4) is 0 Å². The van der Waals surface area contributed by atoms with E-state index in [0.717, 1.165) is 17.8 Å². The highest BCUT2D eigenvalue weighted by Gasteiger charge is 2.51. The van der Waals surface area contributed by atoms with Gasteiger partial charge in [0.15, 0.2) is 0 Å². The Balaban J connectivity index is 1.30. The van der Waals surface area contributed by atoms with E-state index in [1.807, 2.05) is 0 Å². The van der Waals surface area contributed by atoms with Crippen molar-refractivity contribution in [2.24, 2.45) is 23.2 Å². The molecule has 3 nitrogen and oxygen atoms in total. The van der Waals surface area contributed by atoms with E-state index in [-0.39, 0.29) is 17.4 Å². The first-order valence-corrected chi connectivity index (χ1v) is 10.5. The van der Waals surface area contributed by atoms with Gasteiger partial charge in [-0.05, 0) is 81.5 Å². The molecule has 1 N–H and O–H groups in total. The second kappa shape index (κ2) is 7.09. The molecule has 5 rings (SSSR count). The Morgan fingerprint density at radius 1 is 1.07 bits per heavy atom. The largest absolute Gasteiger partial charge is 0.401 e. The first-order chi connectivity index (χ1) is 12.7. The molecule has 0 aromatic carbocycles. The summed E-state index contributed by atoms with van der Waals surface area (Å²) in [5.74, 6) is 2.49. The fraction of sp³-hybridized carbons (Fsp3) is 0.857. The van der Waals surface area contributed by atoms with E-state index in [0.29, 0.717) is 25.9 Å². The summed E-state index contributed by atoms with van der Waals surface area (Å²) in [6.45, 7) is 2.06. The number of likely N-dealkylation sites (tertiary alicyclic amines) is 1. The lowest BCUT2D eigenvalue weighted by Gasteiger charge is -2.57. The smallest absolute Gasteiger partial charge is 0.350 e. The molecule has 4 bridgehead atoms. The standard InChI is InChI=1S/C21H31F3N2O/c1-14(20-10-15-7-16(11-20)9-17(8-15)12-20)6-19(27)25-18-2-4-26(5-3-18)13-21(22,23)24/h6,15-18H,2-5,7-13H2,1H3,(H,25,27). The molecule has 1 aliphatic heterocycles. The van der Waals surface area contributed by atoms with Crippen LogP contribution in [0.1, 0.15) is 58.3 Å². The van der Waals surface area contributed by atoms with Crippen LogP contribution < -0.4 is 5.32 Å². The second-order valence-electron chi connectivity index (χ2n) is 9.70. The fourth-order valence-corrected chi connectivity index (χ4v) is 6.68. The maximum Gasteiger partial charge on any atom is 0.401 e. The zero-order valence-corrected chi connectivity index (χ0v) is 16.2. The van der Waals surface area contributed by atoms with Gasteiger partial charge < -0.3 is 5.32 Å². The van der Waals surface area contributed by atoms with Crippen LogP contribution in [0, 0.1) is 23.2 Å². The molecule has 5 aliphatic rings. The number of hydrogen-bond donors (Lipinski definition) is 1. The van der Waals surface area contributed by atoms with Gasteiger partial charge in [0.1, 0.15) is 0 Å². The highest BCUT2D eigenvalue weighted by molar-refractivity contribution is 5.88. The predicted octanol–water partition coefficient (Wildman–Crippen LogP) is 4.29. The zero-order chi connectivity index (χ0) is 19.2. The van der Waals surface area contributed by atoms with Crippen molar-refractivity contribution in [1.29, 1.82) is 0 Å². The molecule has 0 aromatic rings. The molecule has 4 saturated carbocycles. The number of alkyl halides is 3. The predicted molar refractivity (Wildman–Crippen MR) is 98.0 cm³/mol. The Morgan fingerprint density at radius 3 is 2.07 bits per heavy atom. The molecule has 27 heavy (non-hydrogen) atoms. The van der Waals surface area contributed by atoms with E-state index in [9.17, 15) is 18.0 Å². The van der Waals surface area contributed by atoms with Crippen molar-refractivity contribution in [2.75, 3.05) is 19.6 Å². The number of carbonyl (C=O) groups excluding carboxylic acids is 1. The molecule has 0 spiro atoms. The van der Waals surface area contributed by atoms with Crippen LogP contribution in [0.15, 0.2) is 11.6 Å². The molecule has 0 radical (unpaired) electrons. The minimum atomic E-state index is -4.15. The van der Waals surface area contributed by atoms with Gasteiger partial charge in [0.2, 0.25) is 5.91 Å². The molecule has 1 amide bonds. The molecule has 5 fully saturated rings. The van der Waals surface area contributed by atoms with Gasteiger partial charge in [0.25, 0.3) is 0 Å². The molecule has 152 valence electrons.